The molecule has 0 spiro atoms. The molecule has 4 nitrogen and oxygen atoms in total. The quantitative estimate of drug-likeness (QED) is 0.143. The molecular formula is C45H34N4. The van der Waals surface area contributed by atoms with Crippen LogP contribution in [0.5, 0.6) is 0 Å². The van der Waals surface area contributed by atoms with Gasteiger partial charge in [0.2, 0.25) is 0 Å². The molecule has 2 unspecified atom stereocenters. The van der Waals surface area contributed by atoms with E-state index in [9.17, 15) is 0 Å². The van der Waals surface area contributed by atoms with Gasteiger partial charge in [0.25, 0.3) is 0 Å². The molecule has 0 aliphatic heterocycles. The normalized spacial score (nSPS) is 15.9. The summed E-state index contributed by atoms with van der Waals surface area (Å²) in [6.07, 6.45) is 12.6. The van der Waals surface area contributed by atoms with E-state index in [2.05, 4.69) is 135 Å². The van der Waals surface area contributed by atoms with Crippen molar-refractivity contribution in [3.05, 3.63) is 157 Å². The van der Waals surface area contributed by atoms with Gasteiger partial charge in [0.05, 0.1) is 33.8 Å². The molecule has 49 heavy (non-hydrogen) atoms. The SMILES string of the molecule is Cc1c2c(C3C=CC=CC3C)nc3cc(-c4cccc(-c5ccncc5)n4)ccc3c2c(C)c2c(-c3ccccc3)nc3ccccc3c12. The van der Waals surface area contributed by atoms with Crippen LogP contribution >= 0.6 is 0 Å². The van der Waals surface area contributed by atoms with Crippen LogP contribution in [0.25, 0.3) is 77.1 Å². The predicted molar refractivity (Wildman–Crippen MR) is 204 cm³/mol. The molecule has 1 aliphatic carbocycles. The number of aromatic nitrogens is 4. The second kappa shape index (κ2) is 11.6. The molecule has 0 saturated carbocycles. The summed E-state index contributed by atoms with van der Waals surface area (Å²) >= 11 is 0. The van der Waals surface area contributed by atoms with E-state index in [4.69, 9.17) is 15.0 Å². The number of para-hydroxylation sites is 1. The first-order valence-electron chi connectivity index (χ1n) is 16.9. The Balaban J connectivity index is 1.39. The maximum absolute atomic E-state index is 5.58. The van der Waals surface area contributed by atoms with Crippen LogP contribution in [0, 0.1) is 19.8 Å². The lowest BCUT2D eigenvalue weighted by Gasteiger charge is -2.26. The Bertz CT molecular complexity index is 2640. The topological polar surface area (TPSA) is 51.6 Å². The minimum absolute atomic E-state index is 0.144. The van der Waals surface area contributed by atoms with Gasteiger partial charge in [-0.1, -0.05) is 98.0 Å². The molecule has 0 fully saturated rings. The second-order valence-electron chi connectivity index (χ2n) is 13.1. The van der Waals surface area contributed by atoms with Gasteiger partial charge in [-0.3, -0.25) is 9.97 Å². The molecule has 4 heteroatoms. The summed E-state index contributed by atoms with van der Waals surface area (Å²) in [5, 5.41) is 7.28. The first-order valence-corrected chi connectivity index (χ1v) is 16.9. The summed E-state index contributed by atoms with van der Waals surface area (Å²) in [4.78, 5) is 20.2. The van der Waals surface area contributed by atoms with E-state index in [0.717, 1.165) is 55.9 Å². The summed E-state index contributed by atoms with van der Waals surface area (Å²) < 4.78 is 0. The molecule has 234 valence electrons. The van der Waals surface area contributed by atoms with Crippen molar-refractivity contribution in [2.24, 2.45) is 5.92 Å². The fraction of sp³-hybridized carbons (Fsp3) is 0.111. The van der Waals surface area contributed by atoms with Crippen molar-refractivity contribution in [2.75, 3.05) is 0 Å². The Labute approximate surface area is 285 Å². The number of benzene rings is 4. The van der Waals surface area contributed by atoms with Crippen LogP contribution in [-0.4, -0.2) is 19.9 Å². The van der Waals surface area contributed by atoms with Crippen LogP contribution in [0.3, 0.4) is 0 Å². The van der Waals surface area contributed by atoms with Gasteiger partial charge in [0.15, 0.2) is 0 Å². The van der Waals surface area contributed by atoms with E-state index in [-0.39, 0.29) is 5.92 Å². The number of nitrogens with zero attached hydrogens (tertiary/aromatic N) is 4. The number of pyridine rings is 4. The molecule has 8 aromatic rings. The molecule has 2 atom stereocenters. The number of allylic oxidation sites excluding steroid dienone is 4. The van der Waals surface area contributed by atoms with E-state index >= 15 is 0 Å². The first kappa shape index (κ1) is 29.2. The summed E-state index contributed by atoms with van der Waals surface area (Å²) in [5.41, 5.74) is 11.7. The number of hydrogen-bond donors (Lipinski definition) is 0. The van der Waals surface area contributed by atoms with Gasteiger partial charge in [-0.25, -0.2) is 9.97 Å². The molecule has 9 rings (SSSR count). The molecule has 0 N–H and O–H groups in total. The number of aryl methyl sites for hydroxylation is 2. The largest absolute Gasteiger partial charge is 0.265 e. The first-order chi connectivity index (χ1) is 24.1. The molecule has 1 aliphatic rings. The summed E-state index contributed by atoms with van der Waals surface area (Å²) in [6, 6.07) is 36.0. The zero-order chi connectivity index (χ0) is 33.1. The van der Waals surface area contributed by atoms with Gasteiger partial charge in [-0.15, -0.1) is 0 Å². The molecule has 0 saturated heterocycles. The number of rotatable bonds is 4. The van der Waals surface area contributed by atoms with E-state index in [1.807, 2.05) is 30.6 Å². The third kappa shape index (κ3) is 4.75. The molecule has 4 aromatic carbocycles. The fourth-order valence-corrected chi connectivity index (χ4v) is 7.81. The Morgan fingerprint density at radius 2 is 1.20 bits per heavy atom. The lowest BCUT2D eigenvalue weighted by atomic mass is 9.81. The van der Waals surface area contributed by atoms with E-state index < -0.39 is 0 Å². The average molecular weight is 631 g/mol. The minimum atomic E-state index is 0.144. The number of fused-ring (bicyclic) bond motifs is 6. The smallest absolute Gasteiger partial charge is 0.0791 e. The molecule has 0 bridgehead atoms. The summed E-state index contributed by atoms with van der Waals surface area (Å²) in [7, 11) is 0. The van der Waals surface area contributed by atoms with Crippen LogP contribution in [0.2, 0.25) is 0 Å². The Hall–Kier alpha value is -6.00. The van der Waals surface area contributed by atoms with Crippen molar-refractivity contribution >= 4 is 43.4 Å². The third-order valence-corrected chi connectivity index (χ3v) is 10.2. The second-order valence-corrected chi connectivity index (χ2v) is 13.1. The molecule has 4 heterocycles. The summed E-state index contributed by atoms with van der Waals surface area (Å²) in [5.74, 6) is 0.454. The highest BCUT2D eigenvalue weighted by atomic mass is 14.7. The van der Waals surface area contributed by atoms with Crippen LogP contribution in [0.15, 0.2) is 140 Å². The minimum Gasteiger partial charge on any atom is -0.265 e. The maximum Gasteiger partial charge on any atom is 0.0791 e. The maximum atomic E-state index is 5.58. The van der Waals surface area contributed by atoms with Gasteiger partial charge in [0.1, 0.15) is 0 Å². The van der Waals surface area contributed by atoms with Gasteiger partial charge in [-0.05, 0) is 78.1 Å². The Morgan fingerprint density at radius 3 is 2.02 bits per heavy atom. The standard InChI is InChI=1S/C45H34N4/c1-27-12-7-8-15-33(27)45-43-29(3)40-34-16-9-10-17-38(34)48-44(31-13-5-4-6-14-31)42(40)28(2)41(43)35-21-20-32(26-39(35)49-45)37-19-11-18-36(47-37)30-22-24-46-25-23-30/h4-27,33H,1-3H3. The van der Waals surface area contributed by atoms with Crippen molar-refractivity contribution in [1.29, 1.82) is 0 Å². The zero-order valence-electron chi connectivity index (χ0n) is 27.7. The van der Waals surface area contributed by atoms with Gasteiger partial charge < -0.3 is 0 Å². The van der Waals surface area contributed by atoms with E-state index in [1.54, 1.807) is 0 Å². The van der Waals surface area contributed by atoms with Crippen molar-refractivity contribution < 1.29 is 0 Å². The van der Waals surface area contributed by atoms with Crippen molar-refractivity contribution in [1.82, 2.24) is 19.9 Å². The van der Waals surface area contributed by atoms with Crippen molar-refractivity contribution in [2.45, 2.75) is 26.7 Å². The van der Waals surface area contributed by atoms with Gasteiger partial charge in [0, 0.05) is 56.5 Å². The predicted octanol–water partition coefficient (Wildman–Crippen LogP) is 11.3. The van der Waals surface area contributed by atoms with Crippen LogP contribution in [-0.2, 0) is 0 Å². The zero-order valence-corrected chi connectivity index (χ0v) is 27.7. The van der Waals surface area contributed by atoms with E-state index in [1.165, 1.54) is 38.1 Å². The van der Waals surface area contributed by atoms with Gasteiger partial charge >= 0.3 is 0 Å². The monoisotopic (exact) mass is 630 g/mol. The molecule has 0 amide bonds. The van der Waals surface area contributed by atoms with Crippen LogP contribution in [0.1, 0.15) is 29.7 Å². The summed E-state index contributed by atoms with van der Waals surface area (Å²) in [6.45, 7) is 6.87. The van der Waals surface area contributed by atoms with Gasteiger partial charge in [-0.2, -0.15) is 0 Å². The van der Waals surface area contributed by atoms with Crippen LogP contribution < -0.4 is 0 Å². The third-order valence-electron chi connectivity index (χ3n) is 10.2. The lowest BCUT2D eigenvalue weighted by molar-refractivity contribution is 0.626. The Morgan fingerprint density at radius 1 is 0.510 bits per heavy atom. The lowest BCUT2D eigenvalue weighted by Crippen LogP contribution is -2.11. The number of hydrogen-bond acceptors (Lipinski definition) is 4. The highest BCUT2D eigenvalue weighted by Crippen LogP contribution is 2.46. The highest BCUT2D eigenvalue weighted by Gasteiger charge is 2.26. The highest BCUT2D eigenvalue weighted by molar-refractivity contribution is 6.24. The average Bonchev–Trinajstić information content (AvgIpc) is 3.16. The molecular weight excluding hydrogens is 597 g/mol. The Kier molecular flexibility index (Phi) is 6.91. The molecule has 0 radical (unpaired) electrons. The van der Waals surface area contributed by atoms with E-state index in [0.29, 0.717) is 5.92 Å². The fourth-order valence-electron chi connectivity index (χ4n) is 7.81. The van der Waals surface area contributed by atoms with Crippen molar-refractivity contribution in [3.63, 3.8) is 0 Å². The molecule has 4 aromatic heterocycles. The van der Waals surface area contributed by atoms with Crippen molar-refractivity contribution in [3.8, 4) is 33.8 Å². The van der Waals surface area contributed by atoms with Crippen LogP contribution in [0.4, 0.5) is 0 Å².